The Hall–Kier alpha value is -2.13. The third-order valence-electron chi connectivity index (χ3n) is 5.45. The standard InChI is InChI=1S/C22H26N2O/c25-22(24-14-8-3-9-15-24)21(18-12-6-2-7-13-18)23-20-16-19(20)17-10-4-1-5-11-17/h1-2,4-7,10-13,19-21,23H,3,8-9,14-16H2. The fraction of sp³-hybridized carbons (Fsp3) is 0.409. The molecule has 3 unspecified atom stereocenters. The van der Waals surface area contributed by atoms with Crippen molar-refractivity contribution in [2.75, 3.05) is 13.1 Å². The molecule has 3 heteroatoms. The normalized spacial score (nSPS) is 23.9. The van der Waals surface area contributed by atoms with Gasteiger partial charge in [-0.3, -0.25) is 10.1 Å². The van der Waals surface area contributed by atoms with E-state index in [0.717, 1.165) is 37.9 Å². The van der Waals surface area contributed by atoms with Crippen molar-refractivity contribution in [1.29, 1.82) is 0 Å². The summed E-state index contributed by atoms with van der Waals surface area (Å²) < 4.78 is 0. The summed E-state index contributed by atoms with van der Waals surface area (Å²) in [4.78, 5) is 15.2. The van der Waals surface area contributed by atoms with Gasteiger partial charge < -0.3 is 4.90 Å². The number of hydrogen-bond acceptors (Lipinski definition) is 2. The van der Waals surface area contributed by atoms with Gasteiger partial charge in [0.15, 0.2) is 0 Å². The van der Waals surface area contributed by atoms with E-state index in [1.54, 1.807) is 0 Å². The molecule has 1 aliphatic heterocycles. The van der Waals surface area contributed by atoms with Crippen molar-refractivity contribution < 1.29 is 4.79 Å². The highest BCUT2D eigenvalue weighted by Gasteiger charge is 2.41. The monoisotopic (exact) mass is 334 g/mol. The van der Waals surface area contributed by atoms with Gasteiger partial charge in [-0.05, 0) is 36.8 Å². The number of piperidine rings is 1. The quantitative estimate of drug-likeness (QED) is 0.900. The minimum atomic E-state index is -0.224. The average Bonchev–Trinajstić information content (AvgIpc) is 3.47. The van der Waals surface area contributed by atoms with Crippen molar-refractivity contribution in [2.45, 2.75) is 43.7 Å². The number of likely N-dealkylation sites (tertiary alicyclic amines) is 1. The lowest BCUT2D eigenvalue weighted by molar-refractivity contribution is -0.134. The molecule has 0 aromatic heterocycles. The number of carbonyl (C=O) groups is 1. The van der Waals surface area contributed by atoms with Crippen LogP contribution in [0.25, 0.3) is 0 Å². The predicted octanol–water partition coefficient (Wildman–Crippen LogP) is 3.89. The fourth-order valence-electron chi connectivity index (χ4n) is 3.91. The Morgan fingerprint density at radius 2 is 1.56 bits per heavy atom. The lowest BCUT2D eigenvalue weighted by atomic mass is 10.0. The predicted molar refractivity (Wildman–Crippen MR) is 100 cm³/mol. The minimum absolute atomic E-state index is 0.224. The maximum atomic E-state index is 13.2. The molecule has 2 aliphatic rings. The van der Waals surface area contributed by atoms with Gasteiger partial charge in [-0.2, -0.15) is 0 Å². The Kier molecular flexibility index (Phi) is 4.84. The Bertz CT molecular complexity index is 694. The van der Waals surface area contributed by atoms with Gasteiger partial charge in [0, 0.05) is 25.0 Å². The number of rotatable bonds is 5. The molecule has 3 nitrogen and oxygen atoms in total. The van der Waals surface area contributed by atoms with E-state index in [1.807, 2.05) is 23.1 Å². The van der Waals surface area contributed by atoms with Crippen molar-refractivity contribution >= 4 is 5.91 Å². The maximum Gasteiger partial charge on any atom is 0.244 e. The van der Waals surface area contributed by atoms with Crippen LogP contribution in [0.4, 0.5) is 0 Å². The highest BCUT2D eigenvalue weighted by Crippen LogP contribution is 2.42. The van der Waals surface area contributed by atoms with E-state index < -0.39 is 0 Å². The van der Waals surface area contributed by atoms with Gasteiger partial charge in [-0.1, -0.05) is 60.7 Å². The Labute approximate surface area is 150 Å². The second kappa shape index (κ2) is 7.40. The van der Waals surface area contributed by atoms with Crippen LogP contribution in [0, 0.1) is 0 Å². The molecule has 25 heavy (non-hydrogen) atoms. The SMILES string of the molecule is O=C(C(NC1CC1c1ccccc1)c1ccccc1)N1CCCCC1. The zero-order chi connectivity index (χ0) is 17.1. The van der Waals surface area contributed by atoms with E-state index in [9.17, 15) is 4.79 Å². The van der Waals surface area contributed by atoms with Gasteiger partial charge in [0.05, 0.1) is 0 Å². The largest absolute Gasteiger partial charge is 0.341 e. The summed E-state index contributed by atoms with van der Waals surface area (Å²) in [5.74, 6) is 0.770. The molecule has 0 spiro atoms. The maximum absolute atomic E-state index is 13.2. The van der Waals surface area contributed by atoms with E-state index in [1.165, 1.54) is 12.0 Å². The lowest BCUT2D eigenvalue weighted by Crippen LogP contribution is -2.44. The van der Waals surface area contributed by atoms with Crippen LogP contribution in [0.15, 0.2) is 60.7 Å². The van der Waals surface area contributed by atoms with Crippen LogP contribution in [-0.2, 0) is 4.79 Å². The first-order chi connectivity index (χ1) is 12.3. The van der Waals surface area contributed by atoms with E-state index in [-0.39, 0.29) is 11.9 Å². The number of nitrogens with zero attached hydrogens (tertiary/aromatic N) is 1. The van der Waals surface area contributed by atoms with Crippen molar-refractivity contribution in [3.63, 3.8) is 0 Å². The first-order valence-corrected chi connectivity index (χ1v) is 9.47. The first kappa shape index (κ1) is 16.3. The van der Waals surface area contributed by atoms with E-state index >= 15 is 0 Å². The van der Waals surface area contributed by atoms with Crippen LogP contribution < -0.4 is 5.32 Å². The molecule has 0 radical (unpaired) electrons. The second-order valence-electron chi connectivity index (χ2n) is 7.26. The Balaban J connectivity index is 1.49. The average molecular weight is 334 g/mol. The summed E-state index contributed by atoms with van der Waals surface area (Å²) in [6.07, 6.45) is 4.61. The van der Waals surface area contributed by atoms with Gasteiger partial charge in [-0.25, -0.2) is 0 Å². The van der Waals surface area contributed by atoms with Crippen molar-refractivity contribution in [3.05, 3.63) is 71.8 Å². The number of benzene rings is 2. The number of carbonyl (C=O) groups excluding carboxylic acids is 1. The number of nitrogens with one attached hydrogen (secondary N) is 1. The molecular weight excluding hydrogens is 308 g/mol. The number of hydrogen-bond donors (Lipinski definition) is 1. The minimum Gasteiger partial charge on any atom is -0.341 e. The first-order valence-electron chi connectivity index (χ1n) is 9.47. The molecule has 1 saturated heterocycles. The highest BCUT2D eigenvalue weighted by molar-refractivity contribution is 5.83. The van der Waals surface area contributed by atoms with Gasteiger partial charge in [0.2, 0.25) is 5.91 Å². The van der Waals surface area contributed by atoms with Gasteiger partial charge in [0.25, 0.3) is 0 Å². The van der Waals surface area contributed by atoms with Crippen LogP contribution in [0.1, 0.15) is 48.8 Å². The van der Waals surface area contributed by atoms with Crippen molar-refractivity contribution in [1.82, 2.24) is 10.2 Å². The molecule has 2 fully saturated rings. The lowest BCUT2D eigenvalue weighted by Gasteiger charge is -2.31. The molecule has 130 valence electrons. The summed E-state index contributed by atoms with van der Waals surface area (Å²) in [6, 6.07) is 21.0. The van der Waals surface area contributed by atoms with E-state index in [2.05, 4.69) is 47.8 Å². The summed E-state index contributed by atoms with van der Waals surface area (Å²) in [7, 11) is 0. The summed E-state index contributed by atoms with van der Waals surface area (Å²) in [6.45, 7) is 1.80. The second-order valence-corrected chi connectivity index (χ2v) is 7.26. The van der Waals surface area contributed by atoms with E-state index in [4.69, 9.17) is 0 Å². The smallest absolute Gasteiger partial charge is 0.244 e. The van der Waals surface area contributed by atoms with Crippen molar-refractivity contribution in [3.8, 4) is 0 Å². The Morgan fingerprint density at radius 3 is 2.24 bits per heavy atom. The van der Waals surface area contributed by atoms with Crippen LogP contribution in [0.5, 0.6) is 0 Å². The summed E-state index contributed by atoms with van der Waals surface area (Å²) in [5.41, 5.74) is 2.45. The van der Waals surface area contributed by atoms with Crippen molar-refractivity contribution in [2.24, 2.45) is 0 Å². The molecule has 1 aliphatic carbocycles. The highest BCUT2D eigenvalue weighted by atomic mass is 16.2. The molecule has 1 amide bonds. The van der Waals surface area contributed by atoms with Crippen LogP contribution >= 0.6 is 0 Å². The molecule has 4 rings (SSSR count). The molecule has 1 N–H and O–H groups in total. The van der Waals surface area contributed by atoms with Crippen LogP contribution in [-0.4, -0.2) is 29.9 Å². The van der Waals surface area contributed by atoms with Gasteiger partial charge >= 0.3 is 0 Å². The van der Waals surface area contributed by atoms with Crippen LogP contribution in [0.3, 0.4) is 0 Å². The summed E-state index contributed by atoms with van der Waals surface area (Å²) >= 11 is 0. The molecule has 2 aromatic carbocycles. The fourth-order valence-corrected chi connectivity index (χ4v) is 3.91. The molecule has 0 bridgehead atoms. The van der Waals surface area contributed by atoms with Gasteiger partial charge in [-0.15, -0.1) is 0 Å². The molecule has 1 saturated carbocycles. The van der Waals surface area contributed by atoms with E-state index in [0.29, 0.717) is 12.0 Å². The van der Waals surface area contributed by atoms with Crippen LogP contribution in [0.2, 0.25) is 0 Å². The summed E-state index contributed by atoms with van der Waals surface area (Å²) in [5, 5.41) is 3.66. The molecule has 2 aromatic rings. The third kappa shape index (κ3) is 3.77. The van der Waals surface area contributed by atoms with Gasteiger partial charge in [0.1, 0.15) is 6.04 Å². The molecule has 3 atom stereocenters. The number of amides is 1. The zero-order valence-electron chi connectivity index (χ0n) is 14.6. The third-order valence-corrected chi connectivity index (χ3v) is 5.45. The molecular formula is C22H26N2O. The zero-order valence-corrected chi connectivity index (χ0v) is 14.6. The molecule has 1 heterocycles. The topological polar surface area (TPSA) is 32.3 Å². The Morgan fingerprint density at radius 1 is 0.920 bits per heavy atom.